The molecule has 0 aliphatic rings. The molecule has 2 rings (SSSR count). The molecule has 5 nitrogen and oxygen atoms in total. The van der Waals surface area contributed by atoms with Crippen LogP contribution in [0.25, 0.3) is 11.3 Å². The summed E-state index contributed by atoms with van der Waals surface area (Å²) in [5.41, 5.74) is 1.29. The molecule has 0 unspecified atom stereocenters. The summed E-state index contributed by atoms with van der Waals surface area (Å²) >= 11 is 3.46. The Morgan fingerprint density at radius 1 is 1.39 bits per heavy atom. The molecule has 2 aromatic rings. The van der Waals surface area contributed by atoms with E-state index in [-0.39, 0.29) is 0 Å². The number of nitrogens with one attached hydrogen (secondary N) is 2. The number of carboxylic acids is 1. The van der Waals surface area contributed by atoms with Crippen molar-refractivity contribution >= 4 is 21.9 Å². The molecule has 1 aromatic carbocycles. The van der Waals surface area contributed by atoms with Crippen LogP contribution in [0.3, 0.4) is 0 Å². The van der Waals surface area contributed by atoms with Crippen LogP contribution in [0.15, 0.2) is 34.9 Å². The zero-order valence-electron chi connectivity index (χ0n) is 13.4. The van der Waals surface area contributed by atoms with E-state index in [2.05, 4.69) is 31.2 Å². The van der Waals surface area contributed by atoms with Gasteiger partial charge in [-0.3, -0.25) is 4.79 Å². The van der Waals surface area contributed by atoms with Crippen molar-refractivity contribution in [3.05, 3.63) is 40.8 Å². The first kappa shape index (κ1) is 17.7. The molecule has 0 bridgehead atoms. The number of hydrogen-bond acceptors (Lipinski definition) is 3. The lowest BCUT2D eigenvalue weighted by molar-refractivity contribution is -0.149. The molecule has 0 spiro atoms. The molecule has 0 radical (unpaired) electrons. The van der Waals surface area contributed by atoms with Crippen molar-refractivity contribution in [2.75, 3.05) is 6.54 Å². The molecule has 0 saturated heterocycles. The number of nitrogens with zero attached hydrogens (tertiary/aromatic N) is 1. The van der Waals surface area contributed by atoms with E-state index in [9.17, 15) is 9.90 Å². The monoisotopic (exact) mass is 379 g/mol. The minimum absolute atomic E-state index is 0.433. The van der Waals surface area contributed by atoms with Gasteiger partial charge in [-0.15, -0.1) is 0 Å². The van der Waals surface area contributed by atoms with Crippen LogP contribution in [0.4, 0.5) is 0 Å². The molecule has 0 atom stereocenters. The van der Waals surface area contributed by atoms with Crippen LogP contribution in [-0.2, 0) is 11.3 Å². The van der Waals surface area contributed by atoms with Crippen LogP contribution in [0, 0.1) is 5.41 Å². The van der Waals surface area contributed by atoms with E-state index < -0.39 is 11.4 Å². The van der Waals surface area contributed by atoms with Gasteiger partial charge in [0.2, 0.25) is 0 Å². The summed E-state index contributed by atoms with van der Waals surface area (Å²) in [4.78, 5) is 19.1. The first-order chi connectivity index (χ1) is 11.0. The van der Waals surface area contributed by atoms with Crippen LogP contribution < -0.4 is 5.32 Å². The van der Waals surface area contributed by atoms with E-state index in [1.807, 2.05) is 38.1 Å². The Hall–Kier alpha value is -1.66. The molecule has 3 N–H and O–H groups in total. The van der Waals surface area contributed by atoms with E-state index in [0.29, 0.717) is 25.9 Å². The maximum absolute atomic E-state index is 11.5. The summed E-state index contributed by atoms with van der Waals surface area (Å²) in [6, 6.07) is 7.98. The number of benzene rings is 1. The van der Waals surface area contributed by atoms with Gasteiger partial charge < -0.3 is 15.4 Å². The van der Waals surface area contributed by atoms with Crippen molar-refractivity contribution < 1.29 is 9.90 Å². The highest BCUT2D eigenvalue weighted by Gasteiger charge is 2.34. The smallest absolute Gasteiger partial charge is 0.310 e. The number of H-pyrrole nitrogens is 1. The highest BCUT2D eigenvalue weighted by Crippen LogP contribution is 2.26. The first-order valence-corrected chi connectivity index (χ1v) is 8.54. The van der Waals surface area contributed by atoms with Crippen molar-refractivity contribution in [3.8, 4) is 11.3 Å². The lowest BCUT2D eigenvalue weighted by Gasteiger charge is -2.26. The quantitative estimate of drug-likeness (QED) is 0.651. The second-order valence-electron chi connectivity index (χ2n) is 5.65. The maximum atomic E-state index is 11.5. The normalized spacial score (nSPS) is 11.6. The van der Waals surface area contributed by atoms with E-state index in [1.165, 1.54) is 0 Å². The fraction of sp³-hybridized carbons (Fsp3) is 0.412. The van der Waals surface area contributed by atoms with Crippen molar-refractivity contribution in [2.45, 2.75) is 33.2 Å². The lowest BCUT2D eigenvalue weighted by Crippen LogP contribution is -2.40. The summed E-state index contributed by atoms with van der Waals surface area (Å²) in [5, 5.41) is 12.6. The van der Waals surface area contributed by atoms with Crippen molar-refractivity contribution in [2.24, 2.45) is 5.41 Å². The fourth-order valence-electron chi connectivity index (χ4n) is 2.55. The highest BCUT2D eigenvalue weighted by atomic mass is 79.9. The standard InChI is InChI=1S/C17H22BrN3O2/c1-3-17(4-2,16(22)23)11-19-10-15-20-9-14(21-15)12-6-5-7-13(18)8-12/h5-9,19H,3-4,10-11H2,1-2H3,(H,20,21)(H,22,23). The van der Waals surface area contributed by atoms with Crippen LogP contribution in [0.2, 0.25) is 0 Å². The second-order valence-corrected chi connectivity index (χ2v) is 6.57. The number of aliphatic carboxylic acids is 1. The Morgan fingerprint density at radius 3 is 2.74 bits per heavy atom. The van der Waals surface area contributed by atoms with Crippen molar-refractivity contribution in [1.29, 1.82) is 0 Å². The molecular formula is C17H22BrN3O2. The molecule has 1 aromatic heterocycles. The third kappa shape index (κ3) is 4.20. The van der Waals surface area contributed by atoms with Gasteiger partial charge in [-0.25, -0.2) is 4.98 Å². The number of carbonyl (C=O) groups is 1. The summed E-state index contributed by atoms with van der Waals surface area (Å²) in [5.74, 6) is 0.0516. The molecule has 6 heteroatoms. The summed E-state index contributed by atoms with van der Waals surface area (Å²) in [6.07, 6.45) is 3.00. The zero-order chi connectivity index (χ0) is 16.9. The summed E-state index contributed by atoms with van der Waals surface area (Å²) < 4.78 is 1.02. The van der Waals surface area contributed by atoms with Gasteiger partial charge in [0.05, 0.1) is 23.9 Å². The fourth-order valence-corrected chi connectivity index (χ4v) is 2.95. The van der Waals surface area contributed by atoms with Crippen LogP contribution in [0.5, 0.6) is 0 Å². The number of halogens is 1. The minimum atomic E-state index is -0.746. The van der Waals surface area contributed by atoms with Gasteiger partial charge in [0.15, 0.2) is 0 Å². The maximum Gasteiger partial charge on any atom is 0.310 e. The van der Waals surface area contributed by atoms with E-state index in [1.54, 1.807) is 6.20 Å². The number of rotatable bonds is 8. The Balaban J connectivity index is 1.99. The molecule has 0 fully saturated rings. The average molecular weight is 380 g/mol. The Labute approximate surface area is 144 Å². The predicted molar refractivity (Wildman–Crippen MR) is 94.1 cm³/mol. The molecule has 0 aliphatic carbocycles. The number of hydrogen-bond donors (Lipinski definition) is 3. The summed E-state index contributed by atoms with van der Waals surface area (Å²) in [6.45, 7) is 4.78. The van der Waals surface area contributed by atoms with E-state index >= 15 is 0 Å². The number of aromatic nitrogens is 2. The summed E-state index contributed by atoms with van der Waals surface area (Å²) in [7, 11) is 0. The Morgan fingerprint density at radius 2 is 2.13 bits per heavy atom. The largest absolute Gasteiger partial charge is 0.481 e. The first-order valence-electron chi connectivity index (χ1n) is 7.74. The SMILES string of the molecule is CCC(CC)(CNCc1ncc(-c2cccc(Br)c2)[nH]1)C(=O)O. The average Bonchev–Trinajstić information content (AvgIpc) is 3.00. The van der Waals surface area contributed by atoms with Crippen LogP contribution in [0.1, 0.15) is 32.5 Å². The Kier molecular flexibility index (Phi) is 5.96. The van der Waals surface area contributed by atoms with Crippen molar-refractivity contribution in [3.63, 3.8) is 0 Å². The van der Waals surface area contributed by atoms with Gasteiger partial charge in [0.25, 0.3) is 0 Å². The molecule has 0 aliphatic heterocycles. The second kappa shape index (κ2) is 7.75. The van der Waals surface area contributed by atoms with Gasteiger partial charge in [-0.1, -0.05) is 41.9 Å². The Bertz CT molecular complexity index is 665. The molecule has 23 heavy (non-hydrogen) atoms. The van der Waals surface area contributed by atoms with Gasteiger partial charge in [-0.05, 0) is 25.0 Å². The number of imidazole rings is 1. The molecule has 124 valence electrons. The number of carboxylic acid groups (broad SMARTS) is 1. The lowest BCUT2D eigenvalue weighted by atomic mass is 9.82. The molecular weight excluding hydrogens is 358 g/mol. The topological polar surface area (TPSA) is 78.0 Å². The molecule has 0 saturated carbocycles. The third-order valence-corrected chi connectivity index (χ3v) is 4.82. The molecule has 1 heterocycles. The van der Waals surface area contributed by atoms with Gasteiger partial charge in [0, 0.05) is 16.6 Å². The highest BCUT2D eigenvalue weighted by molar-refractivity contribution is 9.10. The van der Waals surface area contributed by atoms with Crippen molar-refractivity contribution in [1.82, 2.24) is 15.3 Å². The number of aromatic amines is 1. The zero-order valence-corrected chi connectivity index (χ0v) is 15.0. The molecule has 0 amide bonds. The van der Waals surface area contributed by atoms with Crippen LogP contribution in [-0.4, -0.2) is 27.6 Å². The van der Waals surface area contributed by atoms with E-state index in [0.717, 1.165) is 21.6 Å². The van der Waals surface area contributed by atoms with Gasteiger partial charge in [0.1, 0.15) is 5.82 Å². The predicted octanol–water partition coefficient (Wildman–Crippen LogP) is 3.82. The van der Waals surface area contributed by atoms with E-state index in [4.69, 9.17) is 0 Å². The third-order valence-electron chi connectivity index (χ3n) is 4.33. The van der Waals surface area contributed by atoms with Gasteiger partial charge in [-0.2, -0.15) is 0 Å². The van der Waals surface area contributed by atoms with Gasteiger partial charge >= 0.3 is 5.97 Å². The minimum Gasteiger partial charge on any atom is -0.481 e. The van der Waals surface area contributed by atoms with Crippen LogP contribution >= 0.6 is 15.9 Å².